The quantitative estimate of drug-likeness (QED) is 0.0213. The third-order valence-corrected chi connectivity index (χ3v) is 19.6. The number of hydrogen-bond donors (Lipinski definition) is 2. The Balaban J connectivity index is 1.24. The summed E-state index contributed by atoms with van der Waals surface area (Å²) in [6.45, 7) is 28.1. The first-order valence-corrected chi connectivity index (χ1v) is 30.2. The van der Waals surface area contributed by atoms with E-state index in [1.54, 1.807) is 60.9 Å². The highest BCUT2D eigenvalue weighted by Crippen LogP contribution is 2.40. The van der Waals surface area contributed by atoms with Crippen LogP contribution in [0.5, 0.6) is 23.0 Å². The molecule has 0 bridgehead atoms. The number of nitrogens with one attached hydrogen (secondary N) is 2. The maximum Gasteiger partial charge on any atom is 0.412 e. The lowest BCUT2D eigenvalue weighted by Gasteiger charge is -2.38. The fourth-order valence-electron chi connectivity index (χ4n) is 7.91. The zero-order valence-electron chi connectivity index (χ0n) is 45.2. The lowest BCUT2D eigenvalue weighted by atomic mass is 10.1. The molecule has 0 spiro atoms. The molecular weight excluding hydrogens is 1020 g/mol. The van der Waals surface area contributed by atoms with Crippen LogP contribution in [0.25, 0.3) is 0 Å². The summed E-state index contributed by atoms with van der Waals surface area (Å²) in [6.07, 6.45) is 3.53. The van der Waals surface area contributed by atoms with E-state index in [9.17, 15) is 29.3 Å². The first-order valence-electron chi connectivity index (χ1n) is 25.0. The maximum absolute atomic E-state index is 14.5. The predicted octanol–water partition coefficient (Wildman–Crippen LogP) is 11.9. The van der Waals surface area contributed by atoms with Gasteiger partial charge in [0.05, 0.1) is 67.5 Å². The monoisotopic (exact) mass is 1090 g/mol. The number of rotatable bonds is 24. The molecule has 2 saturated heterocycles. The number of likely N-dealkylation sites (tertiary alicyclic amines) is 2. The third-order valence-electron chi connectivity index (χ3n) is 12.9. The van der Waals surface area contributed by atoms with Crippen molar-refractivity contribution in [2.24, 2.45) is 0 Å². The average molecular weight is 1100 g/mol. The molecule has 2 aliphatic rings. The highest BCUT2D eigenvalue weighted by Gasteiger charge is 2.41. The smallest absolute Gasteiger partial charge is 0.412 e. The van der Waals surface area contributed by atoms with Gasteiger partial charge in [0.25, 0.3) is 17.5 Å². The van der Waals surface area contributed by atoms with E-state index in [1.165, 1.54) is 48.1 Å². The van der Waals surface area contributed by atoms with Gasteiger partial charge in [-0.15, -0.1) is 0 Å². The summed E-state index contributed by atoms with van der Waals surface area (Å²) < 4.78 is 41.5. The van der Waals surface area contributed by atoms with E-state index in [1.807, 2.05) is 6.92 Å². The zero-order chi connectivity index (χ0) is 55.3. The van der Waals surface area contributed by atoms with Gasteiger partial charge in [-0.05, 0) is 106 Å². The summed E-state index contributed by atoms with van der Waals surface area (Å²) in [4.78, 5) is 73.0. The summed E-state index contributed by atoms with van der Waals surface area (Å²) in [7, 11) is 3.48. The molecular formula is C53H74N6O13S2Si. The van der Waals surface area contributed by atoms with Crippen LogP contribution in [0.15, 0.2) is 71.9 Å². The SMILES string of the molecule is C=C1C[C@@H](CC)N(C(=O)c2cc(OC)c(OCCCCCOc3cc(NC(=O)OC(C)(C)C)c(C(=O)N4CC(=C)C[C@H]4CO[Si](C)(C)C(C)(C)C)cc3OC)cc2NC(=O)OCCSSc2ccc([N+](=O)[O-])cn2)C1. The molecule has 2 atom stereocenters. The van der Waals surface area contributed by atoms with Gasteiger partial charge < -0.3 is 42.6 Å². The number of hydrogen-bond acceptors (Lipinski definition) is 16. The van der Waals surface area contributed by atoms with Gasteiger partial charge in [-0.25, -0.2) is 14.6 Å². The molecule has 2 aliphatic heterocycles. The van der Waals surface area contributed by atoms with E-state index >= 15 is 0 Å². The van der Waals surface area contributed by atoms with Crippen molar-refractivity contribution in [3.8, 4) is 23.0 Å². The molecule has 0 unspecified atom stereocenters. The first kappa shape index (κ1) is 59.9. The van der Waals surface area contributed by atoms with E-state index in [2.05, 4.69) is 62.6 Å². The maximum atomic E-state index is 14.5. The second-order valence-corrected chi connectivity index (χ2v) is 28.1. The second-order valence-electron chi connectivity index (χ2n) is 20.8. The van der Waals surface area contributed by atoms with Gasteiger partial charge in [0.2, 0.25) is 0 Å². The standard InChI is InChI=1S/C53H74N6O13S2Si/c1-14-36-24-34(2)31-57(36)48(60)39-26-43(66-10)45(28-41(39)55-50(62)70-22-23-73-74-47-19-18-37(30-54-47)59(64)65)68-20-16-15-17-21-69-46-29-42(56-51(63)72-52(4,5)6)40(27-44(46)67-11)49(61)58-32-35(3)25-38(58)33-71-75(12,13)53(7,8)9/h18-19,26-30,36,38H,2-3,14-17,20-25,31-33H2,1,4-13H3,(H,55,62)(H,56,63)/t36-,38+/m1/s1. The largest absolute Gasteiger partial charge is 0.493 e. The topological polar surface area (TPSA) is 219 Å². The number of methoxy groups -OCH3 is 2. The number of carbonyl (C=O) groups is 4. The number of amides is 4. The Morgan fingerprint density at radius 2 is 1.32 bits per heavy atom. The molecule has 3 aromatic rings. The average Bonchev–Trinajstić information content (AvgIpc) is 3.92. The van der Waals surface area contributed by atoms with Crippen molar-refractivity contribution >= 4 is 71.0 Å². The highest BCUT2D eigenvalue weighted by molar-refractivity contribution is 8.76. The molecule has 4 amide bonds. The van der Waals surface area contributed by atoms with Crippen molar-refractivity contribution in [2.45, 2.75) is 128 Å². The number of pyridine rings is 1. The van der Waals surface area contributed by atoms with Gasteiger partial charge in [-0.3, -0.25) is 30.3 Å². The van der Waals surface area contributed by atoms with Crippen LogP contribution >= 0.6 is 21.6 Å². The number of carbonyl (C=O) groups excluding carboxylic acids is 4. The van der Waals surface area contributed by atoms with Crippen molar-refractivity contribution < 1.29 is 56.9 Å². The van der Waals surface area contributed by atoms with E-state index < -0.39 is 31.0 Å². The number of nitrogens with zero attached hydrogens (tertiary/aromatic N) is 4. The van der Waals surface area contributed by atoms with Gasteiger partial charge >= 0.3 is 12.2 Å². The Morgan fingerprint density at radius 1 is 0.787 bits per heavy atom. The molecule has 22 heteroatoms. The summed E-state index contributed by atoms with van der Waals surface area (Å²) in [5.74, 6) is 0.991. The van der Waals surface area contributed by atoms with Crippen LogP contribution in [0.2, 0.25) is 18.1 Å². The van der Waals surface area contributed by atoms with Crippen LogP contribution in [0.1, 0.15) is 108 Å². The summed E-state index contributed by atoms with van der Waals surface area (Å²) >= 11 is 0. The number of aromatic nitrogens is 1. The molecule has 2 aromatic carbocycles. The Kier molecular flexibility index (Phi) is 21.3. The van der Waals surface area contributed by atoms with E-state index in [4.69, 9.17) is 32.8 Å². The molecule has 2 N–H and O–H groups in total. The molecule has 19 nitrogen and oxygen atoms in total. The van der Waals surface area contributed by atoms with Crippen LogP contribution in [-0.2, 0) is 13.9 Å². The van der Waals surface area contributed by atoms with Crippen LogP contribution in [0, 0.1) is 10.1 Å². The zero-order valence-corrected chi connectivity index (χ0v) is 47.8. The molecule has 410 valence electrons. The summed E-state index contributed by atoms with van der Waals surface area (Å²) in [5.41, 5.74) is 1.72. The number of nitro groups is 1. The normalized spacial score (nSPS) is 15.9. The van der Waals surface area contributed by atoms with Crippen LogP contribution in [-0.4, -0.2) is 129 Å². The Hall–Kier alpha value is -5.97. The number of ether oxygens (including phenoxy) is 6. The fraction of sp³-hybridized carbons (Fsp3) is 0.528. The van der Waals surface area contributed by atoms with Crippen LogP contribution in [0.4, 0.5) is 26.7 Å². The summed E-state index contributed by atoms with van der Waals surface area (Å²) in [6, 6.07) is 8.88. The Morgan fingerprint density at radius 3 is 1.80 bits per heavy atom. The molecule has 0 saturated carbocycles. The minimum atomic E-state index is -2.13. The molecule has 75 heavy (non-hydrogen) atoms. The summed E-state index contributed by atoms with van der Waals surface area (Å²) in [5, 5.41) is 17.0. The molecule has 5 rings (SSSR count). The van der Waals surface area contributed by atoms with Crippen LogP contribution < -0.4 is 29.6 Å². The molecule has 0 radical (unpaired) electrons. The molecule has 3 heterocycles. The van der Waals surface area contributed by atoms with E-state index in [0.29, 0.717) is 85.6 Å². The minimum absolute atomic E-state index is 0.0145. The van der Waals surface area contributed by atoms with Gasteiger partial charge in [-0.1, -0.05) is 62.8 Å². The van der Waals surface area contributed by atoms with Gasteiger partial charge in [-0.2, -0.15) is 0 Å². The molecule has 1 aromatic heterocycles. The van der Waals surface area contributed by atoms with Crippen LogP contribution in [0.3, 0.4) is 0 Å². The minimum Gasteiger partial charge on any atom is -0.493 e. The van der Waals surface area contributed by atoms with Crippen molar-refractivity contribution in [2.75, 3.05) is 70.1 Å². The van der Waals surface area contributed by atoms with Gasteiger partial charge in [0.15, 0.2) is 31.3 Å². The third kappa shape index (κ3) is 17.0. The Labute approximate surface area is 449 Å². The predicted molar refractivity (Wildman–Crippen MR) is 295 cm³/mol. The number of unbranched alkanes of at least 4 members (excludes halogenated alkanes) is 2. The Bertz CT molecular complexity index is 2550. The lowest BCUT2D eigenvalue weighted by molar-refractivity contribution is -0.385. The molecule has 0 aliphatic carbocycles. The van der Waals surface area contributed by atoms with Gasteiger partial charge in [0, 0.05) is 43.1 Å². The first-order chi connectivity index (χ1) is 35.3. The lowest BCUT2D eigenvalue weighted by Crippen LogP contribution is -2.46. The van der Waals surface area contributed by atoms with E-state index in [-0.39, 0.29) is 76.9 Å². The second kappa shape index (κ2) is 26.7. The van der Waals surface area contributed by atoms with E-state index in [0.717, 1.165) is 17.6 Å². The number of anilines is 2. The molecule has 2 fully saturated rings. The van der Waals surface area contributed by atoms with Crippen molar-refractivity contribution in [1.82, 2.24) is 14.8 Å². The highest BCUT2D eigenvalue weighted by atomic mass is 33.1. The van der Waals surface area contributed by atoms with Crippen molar-refractivity contribution in [3.05, 3.63) is 88.1 Å². The van der Waals surface area contributed by atoms with Crippen molar-refractivity contribution in [1.29, 1.82) is 0 Å². The van der Waals surface area contributed by atoms with Crippen molar-refractivity contribution in [3.63, 3.8) is 0 Å². The van der Waals surface area contributed by atoms with Gasteiger partial charge in [0.1, 0.15) is 23.4 Å². The number of benzene rings is 2. The fourth-order valence-corrected chi connectivity index (χ4v) is 10.6.